The average molecular weight is 496 g/mol. The maximum absolute atomic E-state index is 13.6. The highest BCUT2D eigenvalue weighted by atomic mass is 35.5. The molecule has 180 valence electrons. The number of carbonyl (C=O) groups excluding carboxylic acids is 1. The summed E-state index contributed by atoms with van der Waals surface area (Å²) in [6, 6.07) is 4.34. The van der Waals surface area contributed by atoms with Crippen LogP contribution in [0, 0.1) is 12.8 Å². The normalized spacial score (nSPS) is 18.3. The summed E-state index contributed by atoms with van der Waals surface area (Å²) in [4.78, 5) is 42.6. The topological polar surface area (TPSA) is 181 Å². The third kappa shape index (κ3) is 3.95. The summed E-state index contributed by atoms with van der Waals surface area (Å²) >= 11 is 6.35. The lowest BCUT2D eigenvalue weighted by atomic mass is 9.79. The Bertz CT molecular complexity index is 1510. The zero-order chi connectivity index (χ0) is 24.9. The van der Waals surface area contributed by atoms with E-state index in [1.807, 2.05) is 6.92 Å². The first-order chi connectivity index (χ1) is 16.7. The Hall–Kier alpha value is -4.06. The van der Waals surface area contributed by atoms with Gasteiger partial charge in [0.1, 0.15) is 29.4 Å². The van der Waals surface area contributed by atoms with Crippen molar-refractivity contribution in [1.82, 2.24) is 29.7 Å². The third-order valence-corrected chi connectivity index (χ3v) is 6.46. The maximum atomic E-state index is 13.6. The second-order valence-electron chi connectivity index (χ2n) is 8.50. The number of nitrogens with two attached hydrogens (primary N) is 2. The molecule has 5 rings (SSSR count). The highest BCUT2D eigenvalue weighted by molar-refractivity contribution is 6.35. The highest BCUT2D eigenvalue weighted by Gasteiger charge is 2.37. The molecule has 1 aliphatic carbocycles. The number of nitrogens with zero attached hydrogens (tertiary/aromatic N) is 6. The summed E-state index contributed by atoms with van der Waals surface area (Å²) in [5.41, 5.74) is 12.1. The molecule has 1 aromatic carbocycles. The molecule has 0 bridgehead atoms. The minimum absolute atomic E-state index is 0.150. The molecule has 1 aliphatic rings. The molecule has 1 saturated carbocycles. The Morgan fingerprint density at radius 3 is 2.74 bits per heavy atom. The van der Waals surface area contributed by atoms with Crippen LogP contribution in [0.1, 0.15) is 43.5 Å². The molecule has 3 heterocycles. The Labute approximate surface area is 203 Å². The molecule has 1 atom stereocenters. The lowest BCUT2D eigenvalue weighted by molar-refractivity contribution is -0.125. The van der Waals surface area contributed by atoms with Crippen LogP contribution in [0.3, 0.4) is 0 Å². The van der Waals surface area contributed by atoms with Crippen molar-refractivity contribution >= 4 is 40.0 Å². The predicted octanol–water partition coefficient (Wildman–Crippen LogP) is 2.39. The van der Waals surface area contributed by atoms with Gasteiger partial charge >= 0.3 is 0 Å². The van der Waals surface area contributed by atoms with Gasteiger partial charge in [-0.05, 0) is 38.8 Å². The summed E-state index contributed by atoms with van der Waals surface area (Å²) in [5.74, 6) is 0.847. The minimum atomic E-state index is -0.518. The van der Waals surface area contributed by atoms with Gasteiger partial charge in [-0.2, -0.15) is 4.98 Å². The number of primary amides is 1. The number of hydrogen-bond acceptors (Lipinski definition) is 10. The molecule has 35 heavy (non-hydrogen) atoms. The molecular formula is C22H22ClN9O3. The number of aromatic nitrogens is 6. The first-order valence-electron chi connectivity index (χ1n) is 10.9. The van der Waals surface area contributed by atoms with Crippen molar-refractivity contribution in [3.8, 4) is 11.5 Å². The van der Waals surface area contributed by atoms with E-state index in [-0.39, 0.29) is 35.1 Å². The molecule has 13 heteroatoms. The number of hydrogen-bond donors (Lipinski definition) is 3. The average Bonchev–Trinajstić information content (AvgIpc) is 3.19. The van der Waals surface area contributed by atoms with Crippen molar-refractivity contribution in [2.45, 2.75) is 38.8 Å². The van der Waals surface area contributed by atoms with E-state index in [9.17, 15) is 9.59 Å². The van der Waals surface area contributed by atoms with E-state index in [0.717, 1.165) is 0 Å². The van der Waals surface area contributed by atoms with Gasteiger partial charge in [0.05, 0.1) is 22.0 Å². The quantitative estimate of drug-likeness (QED) is 0.359. The predicted molar refractivity (Wildman–Crippen MR) is 128 cm³/mol. The number of fused-ring (bicyclic) bond motifs is 1. The second kappa shape index (κ2) is 8.62. The van der Waals surface area contributed by atoms with Crippen molar-refractivity contribution < 1.29 is 9.32 Å². The van der Waals surface area contributed by atoms with Crippen LogP contribution < -0.4 is 22.3 Å². The van der Waals surface area contributed by atoms with E-state index in [2.05, 4.69) is 25.4 Å². The SMILES string of the molecule is Cc1noc(-c2c(N)ncnc2NC(C)c2nc3cccc(Cl)c3c(=O)n2C2CC(C(N)=O)C2)n1. The van der Waals surface area contributed by atoms with Crippen molar-refractivity contribution in [3.05, 3.63) is 51.6 Å². The maximum Gasteiger partial charge on any atom is 0.265 e. The van der Waals surface area contributed by atoms with Crippen LogP contribution in [0.2, 0.25) is 5.02 Å². The minimum Gasteiger partial charge on any atom is -0.383 e. The van der Waals surface area contributed by atoms with Crippen molar-refractivity contribution in [3.63, 3.8) is 0 Å². The van der Waals surface area contributed by atoms with E-state index >= 15 is 0 Å². The fourth-order valence-electron chi connectivity index (χ4n) is 4.30. The van der Waals surface area contributed by atoms with Gasteiger partial charge in [0.2, 0.25) is 5.91 Å². The van der Waals surface area contributed by atoms with Crippen LogP contribution in [0.15, 0.2) is 33.8 Å². The first-order valence-corrected chi connectivity index (χ1v) is 11.3. The van der Waals surface area contributed by atoms with Crippen LogP contribution in [-0.4, -0.2) is 35.6 Å². The third-order valence-electron chi connectivity index (χ3n) is 6.15. The smallest absolute Gasteiger partial charge is 0.265 e. The number of rotatable bonds is 6. The van der Waals surface area contributed by atoms with E-state index in [4.69, 9.17) is 32.6 Å². The van der Waals surface area contributed by atoms with E-state index in [0.29, 0.717) is 51.8 Å². The molecule has 0 radical (unpaired) electrons. The molecule has 0 saturated heterocycles. The molecule has 1 fully saturated rings. The molecule has 12 nitrogen and oxygen atoms in total. The zero-order valence-electron chi connectivity index (χ0n) is 18.9. The fourth-order valence-corrected chi connectivity index (χ4v) is 4.55. The summed E-state index contributed by atoms with van der Waals surface area (Å²) in [6.45, 7) is 3.52. The van der Waals surface area contributed by atoms with Crippen molar-refractivity contribution in [2.75, 3.05) is 11.1 Å². The molecule has 5 N–H and O–H groups in total. The number of nitrogens with one attached hydrogen (secondary N) is 1. The van der Waals surface area contributed by atoms with Crippen LogP contribution in [-0.2, 0) is 4.79 Å². The summed E-state index contributed by atoms with van der Waals surface area (Å²) < 4.78 is 6.87. The van der Waals surface area contributed by atoms with Gasteiger partial charge in [0, 0.05) is 12.0 Å². The van der Waals surface area contributed by atoms with Crippen molar-refractivity contribution in [1.29, 1.82) is 0 Å². The number of amides is 1. The van der Waals surface area contributed by atoms with Gasteiger partial charge in [-0.1, -0.05) is 22.8 Å². The Morgan fingerprint density at radius 1 is 1.29 bits per heavy atom. The Balaban J connectivity index is 1.60. The highest BCUT2D eigenvalue weighted by Crippen LogP contribution is 2.39. The first kappa shape index (κ1) is 22.7. The fraction of sp³-hybridized carbons (Fsp3) is 0.318. The van der Waals surface area contributed by atoms with Crippen LogP contribution >= 0.6 is 11.6 Å². The largest absolute Gasteiger partial charge is 0.383 e. The number of benzene rings is 1. The number of carbonyl (C=O) groups is 1. The van der Waals surface area contributed by atoms with Gasteiger partial charge < -0.3 is 21.3 Å². The zero-order valence-corrected chi connectivity index (χ0v) is 19.7. The van der Waals surface area contributed by atoms with Gasteiger partial charge in [0.15, 0.2) is 5.82 Å². The Kier molecular flexibility index (Phi) is 5.59. The molecule has 3 aromatic heterocycles. The van der Waals surface area contributed by atoms with Crippen LogP contribution in [0.5, 0.6) is 0 Å². The molecule has 1 amide bonds. The number of halogens is 1. The molecule has 1 unspecified atom stereocenters. The van der Waals surface area contributed by atoms with Crippen LogP contribution in [0.25, 0.3) is 22.4 Å². The second-order valence-corrected chi connectivity index (χ2v) is 8.91. The van der Waals surface area contributed by atoms with Gasteiger partial charge in [0.25, 0.3) is 11.4 Å². The number of anilines is 2. The molecule has 0 aliphatic heterocycles. The lowest BCUT2D eigenvalue weighted by Gasteiger charge is -2.36. The van der Waals surface area contributed by atoms with E-state index < -0.39 is 6.04 Å². The summed E-state index contributed by atoms with van der Waals surface area (Å²) in [5, 5.41) is 7.69. The standard InChI is InChI=1S/C22H22ClN9O3/c1-9(28-19-16(17(24)26-8-27-19)21-29-10(2)31-35-21)20-30-14-5-3-4-13(23)15(14)22(34)32(20)12-6-11(7-12)18(25)33/h3-5,8-9,11-12H,6-7H2,1-2H3,(H2,25,33)(H3,24,26,27,28). The molecule has 0 spiro atoms. The summed E-state index contributed by atoms with van der Waals surface area (Å²) in [6.07, 6.45) is 2.19. The number of aryl methyl sites for hydroxylation is 1. The van der Waals surface area contributed by atoms with Gasteiger partial charge in [-0.15, -0.1) is 0 Å². The van der Waals surface area contributed by atoms with E-state index in [1.165, 1.54) is 6.33 Å². The lowest BCUT2D eigenvalue weighted by Crippen LogP contribution is -2.42. The molecular weight excluding hydrogens is 474 g/mol. The van der Waals surface area contributed by atoms with Gasteiger partial charge in [-0.3, -0.25) is 14.2 Å². The van der Waals surface area contributed by atoms with Gasteiger partial charge in [-0.25, -0.2) is 15.0 Å². The monoisotopic (exact) mass is 495 g/mol. The summed E-state index contributed by atoms with van der Waals surface area (Å²) in [7, 11) is 0. The van der Waals surface area contributed by atoms with E-state index in [1.54, 1.807) is 29.7 Å². The molecule has 4 aromatic rings. The van der Waals surface area contributed by atoms with Crippen molar-refractivity contribution in [2.24, 2.45) is 11.7 Å². The number of nitrogen functional groups attached to an aromatic ring is 1. The van der Waals surface area contributed by atoms with Crippen LogP contribution in [0.4, 0.5) is 11.6 Å². The Morgan fingerprint density at radius 2 is 2.06 bits per heavy atom.